The summed E-state index contributed by atoms with van der Waals surface area (Å²) in [5.74, 6) is -0.0594. The van der Waals surface area contributed by atoms with Gasteiger partial charge in [-0.2, -0.15) is 0 Å². The molecule has 0 saturated heterocycles. The van der Waals surface area contributed by atoms with Gasteiger partial charge in [0.2, 0.25) is 5.91 Å². The van der Waals surface area contributed by atoms with E-state index < -0.39 is 12.1 Å². The average Bonchev–Trinajstić information content (AvgIpc) is 3.45. The standard InChI is InChI=1S/C73H137NO5/c1-3-5-7-9-11-13-15-17-19-21-31-35-39-43-47-51-55-59-63-67-73(78)79-68-64-60-56-52-48-44-40-36-33-30-28-26-24-22-23-25-27-29-32-34-38-42-46-50-54-58-62-66-72(77)74-70(69-75)71(76)65-61-57-53-49-45-41-37-20-18-16-14-12-10-8-6-4-2/h17,19,22-23,26,28,61,65,70-71,75-76H,3-16,18,20-21,24-25,27,29-60,62-64,66-69H2,1-2H3,(H,74,77)/b19-17-,23-22-,28-26-,65-61+. The Morgan fingerprint density at radius 3 is 0.975 bits per heavy atom. The fourth-order valence-corrected chi connectivity index (χ4v) is 10.9. The zero-order valence-corrected chi connectivity index (χ0v) is 53.1. The molecule has 0 aromatic heterocycles. The number of unbranched alkanes of at least 4 members (excludes halogenated alkanes) is 49. The summed E-state index contributed by atoms with van der Waals surface area (Å²) in [4.78, 5) is 24.6. The highest BCUT2D eigenvalue weighted by Crippen LogP contribution is 2.18. The van der Waals surface area contributed by atoms with E-state index in [0.29, 0.717) is 19.4 Å². The Morgan fingerprint density at radius 1 is 0.354 bits per heavy atom. The van der Waals surface area contributed by atoms with E-state index in [-0.39, 0.29) is 18.5 Å². The number of aliphatic hydroxyl groups is 2. The molecule has 79 heavy (non-hydrogen) atoms. The Bertz CT molecular complexity index is 1320. The van der Waals surface area contributed by atoms with Gasteiger partial charge in [0.25, 0.3) is 0 Å². The minimum absolute atomic E-state index is 0.0100. The molecule has 0 aliphatic rings. The first-order chi connectivity index (χ1) is 39.0. The number of hydrogen-bond acceptors (Lipinski definition) is 5. The lowest BCUT2D eigenvalue weighted by molar-refractivity contribution is -0.143. The van der Waals surface area contributed by atoms with Gasteiger partial charge in [-0.15, -0.1) is 0 Å². The highest BCUT2D eigenvalue weighted by atomic mass is 16.5. The fourth-order valence-electron chi connectivity index (χ4n) is 10.9. The van der Waals surface area contributed by atoms with Crippen LogP contribution in [-0.4, -0.2) is 47.4 Å². The quantitative estimate of drug-likeness (QED) is 0.0320. The number of allylic oxidation sites excluding steroid dienone is 7. The molecule has 0 bridgehead atoms. The Morgan fingerprint density at radius 2 is 0.633 bits per heavy atom. The molecule has 6 nitrogen and oxygen atoms in total. The van der Waals surface area contributed by atoms with Gasteiger partial charge in [0.15, 0.2) is 0 Å². The molecule has 0 radical (unpaired) electrons. The summed E-state index contributed by atoms with van der Waals surface area (Å²) in [6.07, 6.45) is 89.0. The van der Waals surface area contributed by atoms with Crippen molar-refractivity contribution in [1.82, 2.24) is 5.32 Å². The lowest BCUT2D eigenvalue weighted by atomic mass is 10.0. The van der Waals surface area contributed by atoms with Gasteiger partial charge in [0.1, 0.15) is 0 Å². The van der Waals surface area contributed by atoms with Gasteiger partial charge in [-0.3, -0.25) is 9.59 Å². The Balaban J connectivity index is 3.42. The van der Waals surface area contributed by atoms with Crippen LogP contribution in [0.15, 0.2) is 48.6 Å². The normalized spacial score (nSPS) is 12.8. The number of nitrogens with one attached hydrogen (secondary N) is 1. The molecule has 6 heteroatoms. The third-order valence-corrected chi connectivity index (χ3v) is 16.3. The molecule has 0 spiro atoms. The van der Waals surface area contributed by atoms with Crippen molar-refractivity contribution in [3.8, 4) is 0 Å². The molecule has 0 heterocycles. The van der Waals surface area contributed by atoms with Crippen molar-refractivity contribution in [2.45, 2.75) is 392 Å². The second-order valence-corrected chi connectivity index (χ2v) is 24.2. The lowest BCUT2D eigenvalue weighted by Crippen LogP contribution is -2.45. The zero-order chi connectivity index (χ0) is 57.1. The highest BCUT2D eigenvalue weighted by molar-refractivity contribution is 5.76. The molecule has 0 saturated carbocycles. The first-order valence-electron chi connectivity index (χ1n) is 35.4. The molecule has 0 rings (SSSR count). The van der Waals surface area contributed by atoms with Gasteiger partial charge >= 0.3 is 5.97 Å². The van der Waals surface area contributed by atoms with Crippen molar-refractivity contribution in [2.75, 3.05) is 13.2 Å². The van der Waals surface area contributed by atoms with Crippen molar-refractivity contribution in [3.05, 3.63) is 48.6 Å². The Kier molecular flexibility index (Phi) is 66.4. The number of rotatable bonds is 66. The van der Waals surface area contributed by atoms with Crippen molar-refractivity contribution in [3.63, 3.8) is 0 Å². The maximum Gasteiger partial charge on any atom is 0.305 e. The number of aliphatic hydroxyl groups excluding tert-OH is 2. The molecule has 464 valence electrons. The zero-order valence-electron chi connectivity index (χ0n) is 53.1. The first-order valence-corrected chi connectivity index (χ1v) is 35.4. The van der Waals surface area contributed by atoms with Crippen LogP contribution in [0, 0.1) is 0 Å². The van der Waals surface area contributed by atoms with E-state index >= 15 is 0 Å². The summed E-state index contributed by atoms with van der Waals surface area (Å²) >= 11 is 0. The Hall–Kier alpha value is -2.18. The van der Waals surface area contributed by atoms with Gasteiger partial charge in [0, 0.05) is 12.8 Å². The van der Waals surface area contributed by atoms with Crippen molar-refractivity contribution >= 4 is 11.9 Å². The Labute approximate surface area is 493 Å². The average molecular weight is 1110 g/mol. The van der Waals surface area contributed by atoms with Gasteiger partial charge in [0.05, 0.1) is 25.4 Å². The largest absolute Gasteiger partial charge is 0.466 e. The van der Waals surface area contributed by atoms with Gasteiger partial charge < -0.3 is 20.3 Å². The minimum Gasteiger partial charge on any atom is -0.466 e. The SMILES string of the molecule is CCCCCCCC/C=C\CCCCCCCCCCCC(=O)OCCCCCCCCCCC/C=C\C/C=C\CCCCCCCCCCCCCC(=O)NC(CO)C(O)/C=C/CCCCCCCCCCCCCCCC. The van der Waals surface area contributed by atoms with Crippen molar-refractivity contribution in [2.24, 2.45) is 0 Å². The lowest BCUT2D eigenvalue weighted by Gasteiger charge is -2.20. The summed E-state index contributed by atoms with van der Waals surface area (Å²) in [5.41, 5.74) is 0. The summed E-state index contributed by atoms with van der Waals surface area (Å²) in [7, 11) is 0. The number of amides is 1. The fraction of sp³-hybridized carbons (Fsp3) is 0.863. The summed E-state index contributed by atoms with van der Waals surface area (Å²) in [6.45, 7) is 4.92. The topological polar surface area (TPSA) is 95.9 Å². The van der Waals surface area contributed by atoms with Crippen LogP contribution in [0.25, 0.3) is 0 Å². The number of ether oxygens (including phenoxy) is 1. The summed E-state index contributed by atoms with van der Waals surface area (Å²) in [5, 5.41) is 23.2. The molecule has 1 amide bonds. The second kappa shape index (κ2) is 68.3. The molecule has 0 aromatic carbocycles. The van der Waals surface area contributed by atoms with E-state index in [4.69, 9.17) is 4.74 Å². The highest BCUT2D eigenvalue weighted by Gasteiger charge is 2.18. The molecular weight excluding hydrogens is 971 g/mol. The van der Waals surface area contributed by atoms with Crippen LogP contribution in [0.2, 0.25) is 0 Å². The van der Waals surface area contributed by atoms with E-state index in [1.54, 1.807) is 6.08 Å². The van der Waals surface area contributed by atoms with Gasteiger partial charge in [-0.05, 0) is 89.9 Å². The number of carbonyl (C=O) groups excluding carboxylic acids is 2. The number of esters is 1. The van der Waals surface area contributed by atoms with Crippen LogP contribution < -0.4 is 5.32 Å². The van der Waals surface area contributed by atoms with Crippen LogP contribution in [-0.2, 0) is 14.3 Å². The molecular formula is C73H137NO5. The molecule has 2 unspecified atom stereocenters. The van der Waals surface area contributed by atoms with Crippen molar-refractivity contribution < 1.29 is 24.5 Å². The van der Waals surface area contributed by atoms with E-state index in [0.717, 1.165) is 51.4 Å². The van der Waals surface area contributed by atoms with Crippen LogP contribution in [0.4, 0.5) is 0 Å². The van der Waals surface area contributed by atoms with E-state index in [2.05, 4.69) is 55.6 Å². The third-order valence-electron chi connectivity index (χ3n) is 16.3. The first kappa shape index (κ1) is 76.8. The smallest absolute Gasteiger partial charge is 0.305 e. The summed E-state index contributed by atoms with van der Waals surface area (Å²) < 4.78 is 5.50. The van der Waals surface area contributed by atoms with E-state index in [1.165, 1.54) is 302 Å². The molecule has 0 aliphatic heterocycles. The predicted octanol–water partition coefficient (Wildman–Crippen LogP) is 22.9. The van der Waals surface area contributed by atoms with Crippen LogP contribution in [0.3, 0.4) is 0 Å². The molecule has 3 N–H and O–H groups in total. The third kappa shape index (κ3) is 64.8. The number of carbonyl (C=O) groups is 2. The van der Waals surface area contributed by atoms with Crippen LogP contribution >= 0.6 is 0 Å². The molecule has 0 fully saturated rings. The molecule has 2 atom stereocenters. The van der Waals surface area contributed by atoms with Gasteiger partial charge in [-0.25, -0.2) is 0 Å². The second-order valence-electron chi connectivity index (χ2n) is 24.2. The van der Waals surface area contributed by atoms with Crippen molar-refractivity contribution in [1.29, 1.82) is 0 Å². The summed E-state index contributed by atoms with van der Waals surface area (Å²) in [6, 6.07) is -0.631. The maximum absolute atomic E-state index is 12.5. The van der Waals surface area contributed by atoms with E-state index in [9.17, 15) is 19.8 Å². The van der Waals surface area contributed by atoms with Crippen LogP contribution in [0.5, 0.6) is 0 Å². The monoisotopic (exact) mass is 1110 g/mol. The predicted molar refractivity (Wildman–Crippen MR) is 347 cm³/mol. The maximum atomic E-state index is 12.5. The molecule has 0 aliphatic carbocycles. The number of hydrogen-bond donors (Lipinski definition) is 3. The van der Waals surface area contributed by atoms with Gasteiger partial charge in [-0.1, -0.05) is 326 Å². The molecule has 0 aromatic rings. The van der Waals surface area contributed by atoms with E-state index in [1.807, 2.05) is 6.08 Å². The van der Waals surface area contributed by atoms with Crippen LogP contribution in [0.1, 0.15) is 380 Å². The minimum atomic E-state index is -0.847.